The molecule has 21 heavy (non-hydrogen) atoms. The number of anilines is 1. The van der Waals surface area contributed by atoms with Crippen molar-refractivity contribution in [2.45, 2.75) is 0 Å². The van der Waals surface area contributed by atoms with Gasteiger partial charge in [0.25, 0.3) is 0 Å². The molecule has 0 unspecified atom stereocenters. The average molecular weight is 347 g/mol. The predicted octanol–water partition coefficient (Wildman–Crippen LogP) is 1.93. The summed E-state index contributed by atoms with van der Waals surface area (Å²) in [6.07, 6.45) is 2.95. The molecule has 0 saturated carbocycles. The molecule has 0 aliphatic heterocycles. The predicted molar refractivity (Wildman–Crippen MR) is 82.7 cm³/mol. The highest BCUT2D eigenvalue weighted by Gasteiger charge is 2.12. The number of benzene rings is 1. The summed E-state index contributed by atoms with van der Waals surface area (Å²) in [6, 6.07) is 12.2. The van der Waals surface area contributed by atoms with Gasteiger partial charge in [-0.3, -0.25) is 14.6 Å². The highest BCUT2D eigenvalue weighted by Crippen LogP contribution is 2.15. The second-order valence-electron chi connectivity index (χ2n) is 3.92. The monoisotopic (exact) mass is 346 g/mol. The van der Waals surface area contributed by atoms with E-state index in [1.54, 1.807) is 42.6 Å². The van der Waals surface area contributed by atoms with Crippen LogP contribution in [0.4, 0.5) is 5.69 Å². The third-order valence-electron chi connectivity index (χ3n) is 2.34. The molecular weight excluding hydrogens is 336 g/mol. The summed E-state index contributed by atoms with van der Waals surface area (Å²) in [5.41, 5.74) is 3.22. The Kier molecular flexibility index (Phi) is 5.16. The number of carbonyl (C=O) groups excluding carboxylic acids is 2. The fourth-order valence-corrected chi connectivity index (χ4v) is 1.81. The zero-order chi connectivity index (χ0) is 15.1. The molecule has 0 bridgehead atoms. The third-order valence-corrected chi connectivity index (χ3v) is 2.83. The number of rotatable bonds is 3. The maximum atomic E-state index is 11.6. The maximum Gasteiger partial charge on any atom is 0.329 e. The van der Waals surface area contributed by atoms with Crippen molar-refractivity contribution in [2.75, 3.05) is 5.32 Å². The van der Waals surface area contributed by atoms with Crippen LogP contribution in [-0.4, -0.2) is 23.0 Å². The highest BCUT2D eigenvalue weighted by atomic mass is 79.9. The number of nitrogens with one attached hydrogen (secondary N) is 2. The number of hydrogen-bond donors (Lipinski definition) is 2. The standard InChI is InChI=1S/C14H11BrN4O2/c15-10-4-3-6-11(8-10)18-13(20)14(21)19-17-9-12-5-1-2-7-16-12/h1-9H,(H,18,20)(H,19,21)/b17-9-. The number of pyridine rings is 1. The Balaban J connectivity index is 1.88. The lowest BCUT2D eigenvalue weighted by atomic mass is 10.3. The van der Waals surface area contributed by atoms with Gasteiger partial charge in [-0.05, 0) is 30.3 Å². The van der Waals surface area contributed by atoms with E-state index in [9.17, 15) is 9.59 Å². The first-order valence-corrected chi connectivity index (χ1v) is 6.75. The van der Waals surface area contributed by atoms with E-state index in [1.807, 2.05) is 6.07 Å². The van der Waals surface area contributed by atoms with Gasteiger partial charge in [0.1, 0.15) is 0 Å². The summed E-state index contributed by atoms with van der Waals surface area (Å²) < 4.78 is 0.800. The van der Waals surface area contributed by atoms with Gasteiger partial charge in [-0.1, -0.05) is 28.1 Å². The van der Waals surface area contributed by atoms with E-state index in [-0.39, 0.29) is 0 Å². The molecule has 0 aliphatic rings. The Hall–Kier alpha value is -2.54. The van der Waals surface area contributed by atoms with Crippen molar-refractivity contribution in [1.82, 2.24) is 10.4 Å². The number of hydrogen-bond acceptors (Lipinski definition) is 4. The van der Waals surface area contributed by atoms with E-state index in [4.69, 9.17) is 0 Å². The molecule has 2 amide bonds. The van der Waals surface area contributed by atoms with Crippen molar-refractivity contribution < 1.29 is 9.59 Å². The van der Waals surface area contributed by atoms with Gasteiger partial charge in [-0.25, -0.2) is 5.43 Å². The molecule has 106 valence electrons. The molecule has 2 N–H and O–H groups in total. The summed E-state index contributed by atoms with van der Waals surface area (Å²) in [4.78, 5) is 27.2. The second-order valence-corrected chi connectivity index (χ2v) is 4.83. The zero-order valence-corrected chi connectivity index (χ0v) is 12.4. The maximum absolute atomic E-state index is 11.6. The first-order chi connectivity index (χ1) is 10.1. The molecule has 6 nitrogen and oxygen atoms in total. The van der Waals surface area contributed by atoms with Crippen LogP contribution in [-0.2, 0) is 9.59 Å². The van der Waals surface area contributed by atoms with Gasteiger partial charge >= 0.3 is 11.8 Å². The molecule has 0 atom stereocenters. The first kappa shape index (κ1) is 14.9. The Bertz CT molecular complexity index is 674. The van der Waals surface area contributed by atoms with Gasteiger partial charge in [0.15, 0.2) is 0 Å². The van der Waals surface area contributed by atoms with Crippen molar-refractivity contribution in [3.8, 4) is 0 Å². The molecule has 0 aliphatic carbocycles. The fraction of sp³-hybridized carbons (Fsp3) is 0. The average Bonchev–Trinajstić information content (AvgIpc) is 2.48. The number of carbonyl (C=O) groups is 2. The summed E-state index contributed by atoms with van der Waals surface area (Å²) in [5, 5.41) is 6.13. The van der Waals surface area contributed by atoms with E-state index < -0.39 is 11.8 Å². The molecule has 1 aromatic carbocycles. The Morgan fingerprint density at radius 2 is 2.00 bits per heavy atom. The minimum absolute atomic E-state index is 0.512. The molecule has 7 heteroatoms. The van der Waals surface area contributed by atoms with Crippen LogP contribution in [0.5, 0.6) is 0 Å². The van der Waals surface area contributed by atoms with Gasteiger partial charge in [-0.15, -0.1) is 0 Å². The largest absolute Gasteiger partial charge is 0.329 e. The van der Waals surface area contributed by atoms with Gasteiger partial charge in [0.05, 0.1) is 11.9 Å². The van der Waals surface area contributed by atoms with Crippen molar-refractivity contribution in [3.63, 3.8) is 0 Å². The molecule has 0 radical (unpaired) electrons. The number of halogens is 1. The topological polar surface area (TPSA) is 83.5 Å². The SMILES string of the molecule is O=C(N/N=C\c1ccccn1)C(=O)Nc1cccc(Br)c1. The van der Waals surface area contributed by atoms with E-state index in [0.29, 0.717) is 11.4 Å². The van der Waals surface area contributed by atoms with Gasteiger partial charge in [-0.2, -0.15) is 5.10 Å². The van der Waals surface area contributed by atoms with Crippen LogP contribution in [0.3, 0.4) is 0 Å². The van der Waals surface area contributed by atoms with Gasteiger partial charge in [0.2, 0.25) is 0 Å². The second kappa shape index (κ2) is 7.30. The molecule has 0 saturated heterocycles. The highest BCUT2D eigenvalue weighted by molar-refractivity contribution is 9.10. The Morgan fingerprint density at radius 1 is 1.14 bits per heavy atom. The summed E-state index contributed by atoms with van der Waals surface area (Å²) in [7, 11) is 0. The van der Waals surface area contributed by atoms with Crippen LogP contribution in [0, 0.1) is 0 Å². The minimum Gasteiger partial charge on any atom is -0.318 e. The minimum atomic E-state index is -0.859. The lowest BCUT2D eigenvalue weighted by Gasteiger charge is -2.03. The van der Waals surface area contributed by atoms with Gasteiger partial charge in [0, 0.05) is 16.4 Å². The van der Waals surface area contributed by atoms with Crippen molar-refractivity contribution in [3.05, 3.63) is 58.8 Å². The zero-order valence-electron chi connectivity index (χ0n) is 10.8. The molecular formula is C14H11BrN4O2. The number of aromatic nitrogens is 1. The van der Waals surface area contributed by atoms with Crippen LogP contribution < -0.4 is 10.7 Å². The van der Waals surface area contributed by atoms with Crippen LogP contribution in [0.2, 0.25) is 0 Å². The number of amides is 2. The van der Waals surface area contributed by atoms with Crippen LogP contribution in [0.25, 0.3) is 0 Å². The fourth-order valence-electron chi connectivity index (χ4n) is 1.41. The third kappa shape index (κ3) is 4.81. The van der Waals surface area contributed by atoms with Crippen molar-refractivity contribution in [1.29, 1.82) is 0 Å². The normalized spacial score (nSPS) is 10.3. The quantitative estimate of drug-likeness (QED) is 0.506. The van der Waals surface area contributed by atoms with Crippen LogP contribution in [0.15, 0.2) is 58.2 Å². The summed E-state index contributed by atoms with van der Waals surface area (Å²) in [5.74, 6) is -1.66. The van der Waals surface area contributed by atoms with Crippen LogP contribution >= 0.6 is 15.9 Å². The Labute approximate surface area is 129 Å². The first-order valence-electron chi connectivity index (χ1n) is 5.96. The van der Waals surface area contributed by atoms with E-state index in [1.165, 1.54) is 6.21 Å². The van der Waals surface area contributed by atoms with Crippen molar-refractivity contribution in [2.24, 2.45) is 5.10 Å². The van der Waals surface area contributed by atoms with Crippen molar-refractivity contribution >= 4 is 39.6 Å². The lowest BCUT2D eigenvalue weighted by Crippen LogP contribution is -2.32. The van der Waals surface area contributed by atoms with Crippen LogP contribution in [0.1, 0.15) is 5.69 Å². The smallest absolute Gasteiger partial charge is 0.318 e. The lowest BCUT2D eigenvalue weighted by molar-refractivity contribution is -0.136. The summed E-state index contributed by atoms with van der Waals surface area (Å²) >= 11 is 3.27. The molecule has 2 aromatic rings. The Morgan fingerprint density at radius 3 is 2.71 bits per heavy atom. The molecule has 2 rings (SSSR count). The number of nitrogens with zero attached hydrogens (tertiary/aromatic N) is 2. The van der Waals surface area contributed by atoms with E-state index in [0.717, 1.165) is 4.47 Å². The van der Waals surface area contributed by atoms with E-state index >= 15 is 0 Å². The molecule has 0 fully saturated rings. The number of hydrazone groups is 1. The van der Waals surface area contributed by atoms with E-state index in [2.05, 4.69) is 36.8 Å². The molecule has 1 aromatic heterocycles. The molecule has 0 spiro atoms. The molecule has 1 heterocycles. The summed E-state index contributed by atoms with van der Waals surface area (Å²) in [6.45, 7) is 0. The van der Waals surface area contributed by atoms with Gasteiger partial charge < -0.3 is 5.32 Å².